The zero-order valence-electron chi connectivity index (χ0n) is 11.5. The van der Waals surface area contributed by atoms with Gasteiger partial charge in [0.1, 0.15) is 0 Å². The molecule has 0 aliphatic rings. The quantitative estimate of drug-likeness (QED) is 0.637. The summed E-state index contributed by atoms with van der Waals surface area (Å²) in [5.41, 5.74) is 7.11. The molecule has 1 aromatic carbocycles. The van der Waals surface area contributed by atoms with Crippen LogP contribution in [0.15, 0.2) is 24.3 Å². The lowest BCUT2D eigenvalue weighted by atomic mass is 9.99. The number of rotatable bonds is 3. The largest absolute Gasteiger partial charge is 0.323 e. The molecule has 0 saturated carbocycles. The van der Waals surface area contributed by atoms with E-state index in [1.54, 1.807) is 0 Å². The smallest absolute Gasteiger partial charge is 0.0726 e. The van der Waals surface area contributed by atoms with Crippen molar-refractivity contribution in [1.82, 2.24) is 4.98 Å². The van der Waals surface area contributed by atoms with Crippen LogP contribution in [0, 0.1) is 0 Å². The predicted molar refractivity (Wildman–Crippen MR) is 77.7 cm³/mol. The van der Waals surface area contributed by atoms with Gasteiger partial charge in [0.15, 0.2) is 0 Å². The number of hydrogen-bond donors (Lipinski definition) is 2. The van der Waals surface area contributed by atoms with Crippen molar-refractivity contribution in [2.24, 2.45) is 5.84 Å². The molecule has 0 fully saturated rings. The zero-order chi connectivity index (χ0) is 13.3. The molecule has 0 spiro atoms. The van der Waals surface area contributed by atoms with Crippen molar-refractivity contribution in [3.05, 3.63) is 35.5 Å². The van der Waals surface area contributed by atoms with Crippen LogP contribution in [0.1, 0.15) is 50.8 Å². The van der Waals surface area contributed by atoms with Gasteiger partial charge in [-0.2, -0.15) is 0 Å². The van der Waals surface area contributed by atoms with E-state index in [4.69, 9.17) is 5.84 Å². The first-order valence-corrected chi connectivity index (χ1v) is 6.44. The molecule has 0 aliphatic heterocycles. The third-order valence-corrected chi connectivity index (χ3v) is 3.27. The fourth-order valence-electron chi connectivity index (χ4n) is 2.04. The topological polar surface area (TPSA) is 50.9 Å². The highest BCUT2D eigenvalue weighted by Crippen LogP contribution is 2.28. The first kappa shape index (κ1) is 12.8. The van der Waals surface area contributed by atoms with Crippen LogP contribution in [0.4, 0.5) is 5.69 Å². The molecule has 0 unspecified atom stereocenters. The third kappa shape index (κ3) is 2.31. The molecular weight excluding hydrogens is 222 g/mol. The van der Waals surface area contributed by atoms with E-state index in [0.29, 0.717) is 11.8 Å². The molecule has 18 heavy (non-hydrogen) atoms. The lowest BCUT2D eigenvalue weighted by Gasteiger charge is -2.13. The molecule has 3 N–H and O–H groups in total. The van der Waals surface area contributed by atoms with Crippen molar-refractivity contribution in [3.8, 4) is 0 Å². The van der Waals surface area contributed by atoms with Gasteiger partial charge in [-0.15, -0.1) is 0 Å². The third-order valence-electron chi connectivity index (χ3n) is 3.27. The lowest BCUT2D eigenvalue weighted by Crippen LogP contribution is -2.09. The molecule has 0 amide bonds. The average molecular weight is 243 g/mol. The molecule has 96 valence electrons. The number of hydrogen-bond acceptors (Lipinski definition) is 3. The Morgan fingerprint density at radius 1 is 1.06 bits per heavy atom. The number of nitrogens with zero attached hydrogens (tertiary/aromatic N) is 1. The van der Waals surface area contributed by atoms with Gasteiger partial charge in [-0.1, -0.05) is 33.8 Å². The molecule has 1 heterocycles. The van der Waals surface area contributed by atoms with Crippen LogP contribution in [0.25, 0.3) is 10.9 Å². The fourth-order valence-corrected chi connectivity index (χ4v) is 2.04. The first-order chi connectivity index (χ1) is 8.52. The second-order valence-corrected chi connectivity index (χ2v) is 5.33. The van der Waals surface area contributed by atoms with E-state index < -0.39 is 0 Å². The molecule has 0 bridgehead atoms. The summed E-state index contributed by atoms with van der Waals surface area (Å²) in [4.78, 5) is 4.69. The first-order valence-electron chi connectivity index (χ1n) is 6.44. The summed E-state index contributed by atoms with van der Waals surface area (Å²) in [6.45, 7) is 8.65. The van der Waals surface area contributed by atoms with Crippen LogP contribution in [0.5, 0.6) is 0 Å². The predicted octanol–water partition coefficient (Wildman–Crippen LogP) is 3.77. The minimum Gasteiger partial charge on any atom is -0.323 e. The van der Waals surface area contributed by atoms with Gasteiger partial charge in [0, 0.05) is 11.1 Å². The van der Waals surface area contributed by atoms with Gasteiger partial charge in [-0.05, 0) is 35.6 Å². The minimum atomic E-state index is 0.395. The van der Waals surface area contributed by atoms with Gasteiger partial charge >= 0.3 is 0 Å². The summed E-state index contributed by atoms with van der Waals surface area (Å²) in [6, 6.07) is 8.44. The van der Waals surface area contributed by atoms with Crippen LogP contribution in [0.3, 0.4) is 0 Å². The molecular formula is C15H21N3. The van der Waals surface area contributed by atoms with Gasteiger partial charge in [-0.25, -0.2) is 0 Å². The molecule has 3 heteroatoms. The van der Waals surface area contributed by atoms with Crippen molar-refractivity contribution in [3.63, 3.8) is 0 Å². The van der Waals surface area contributed by atoms with E-state index in [9.17, 15) is 0 Å². The van der Waals surface area contributed by atoms with E-state index in [1.807, 2.05) is 6.07 Å². The normalized spacial score (nSPS) is 11.5. The number of hydrazine groups is 1. The summed E-state index contributed by atoms with van der Waals surface area (Å²) in [5, 5.41) is 1.09. The second kappa shape index (κ2) is 4.94. The second-order valence-electron chi connectivity index (χ2n) is 5.33. The van der Waals surface area contributed by atoms with Crippen molar-refractivity contribution in [2.75, 3.05) is 5.43 Å². The molecule has 0 aliphatic carbocycles. The number of fused-ring (bicyclic) bond motifs is 1. The highest BCUT2D eigenvalue weighted by atomic mass is 15.2. The number of nitrogen functional groups attached to an aromatic ring is 1. The average Bonchev–Trinajstić information content (AvgIpc) is 2.36. The molecule has 1 aromatic heterocycles. The molecule has 0 atom stereocenters. The van der Waals surface area contributed by atoms with Gasteiger partial charge in [0.05, 0.1) is 11.2 Å². The minimum absolute atomic E-state index is 0.395. The Morgan fingerprint density at radius 2 is 1.78 bits per heavy atom. The maximum absolute atomic E-state index is 5.63. The zero-order valence-corrected chi connectivity index (χ0v) is 11.5. The SMILES string of the molecule is CC(C)c1ccc2nc(C(C)C)cc(NN)c2c1. The molecule has 3 nitrogen and oxygen atoms in total. The molecule has 0 saturated heterocycles. The molecule has 2 rings (SSSR count). The Balaban J connectivity index is 2.67. The van der Waals surface area contributed by atoms with Crippen LogP contribution < -0.4 is 11.3 Å². The van der Waals surface area contributed by atoms with Gasteiger partial charge in [0.25, 0.3) is 0 Å². The molecule has 2 aromatic rings. The van der Waals surface area contributed by atoms with Crippen molar-refractivity contribution >= 4 is 16.6 Å². The number of nitrogens with two attached hydrogens (primary N) is 1. The Labute approximate surface area is 108 Å². The molecule has 0 radical (unpaired) electrons. The van der Waals surface area contributed by atoms with E-state index in [0.717, 1.165) is 22.3 Å². The Morgan fingerprint density at radius 3 is 2.33 bits per heavy atom. The number of nitrogens with one attached hydrogen (secondary N) is 1. The van der Waals surface area contributed by atoms with Gasteiger partial charge < -0.3 is 5.43 Å². The Hall–Kier alpha value is -1.61. The number of pyridine rings is 1. The van der Waals surface area contributed by atoms with Crippen molar-refractivity contribution in [2.45, 2.75) is 39.5 Å². The van der Waals surface area contributed by atoms with E-state index in [1.165, 1.54) is 5.56 Å². The Bertz CT molecular complexity index is 559. The van der Waals surface area contributed by atoms with E-state index in [2.05, 4.69) is 56.3 Å². The van der Waals surface area contributed by atoms with Crippen LogP contribution in [-0.2, 0) is 0 Å². The maximum Gasteiger partial charge on any atom is 0.0726 e. The lowest BCUT2D eigenvalue weighted by molar-refractivity contribution is 0.829. The van der Waals surface area contributed by atoms with Crippen molar-refractivity contribution < 1.29 is 0 Å². The van der Waals surface area contributed by atoms with Crippen LogP contribution >= 0.6 is 0 Å². The van der Waals surface area contributed by atoms with Crippen LogP contribution in [0.2, 0.25) is 0 Å². The highest BCUT2D eigenvalue weighted by molar-refractivity contribution is 5.92. The van der Waals surface area contributed by atoms with Gasteiger partial charge in [0.2, 0.25) is 0 Å². The number of benzene rings is 1. The highest BCUT2D eigenvalue weighted by Gasteiger charge is 2.09. The summed E-state index contributed by atoms with van der Waals surface area (Å²) < 4.78 is 0. The number of aromatic nitrogens is 1. The summed E-state index contributed by atoms with van der Waals surface area (Å²) in [6.07, 6.45) is 0. The fraction of sp³-hybridized carbons (Fsp3) is 0.400. The maximum atomic E-state index is 5.63. The van der Waals surface area contributed by atoms with Crippen molar-refractivity contribution in [1.29, 1.82) is 0 Å². The van der Waals surface area contributed by atoms with E-state index in [-0.39, 0.29) is 0 Å². The van der Waals surface area contributed by atoms with Gasteiger partial charge in [-0.3, -0.25) is 10.8 Å². The number of anilines is 1. The standard InChI is InChI=1S/C15H21N3/c1-9(2)11-5-6-13-12(7-11)15(18-16)8-14(17-13)10(3)4/h5-10H,16H2,1-4H3,(H,17,18). The van der Waals surface area contributed by atoms with E-state index >= 15 is 0 Å². The summed E-state index contributed by atoms with van der Waals surface area (Å²) in [7, 11) is 0. The Kier molecular flexibility index (Phi) is 3.53. The van der Waals surface area contributed by atoms with Crippen LogP contribution in [-0.4, -0.2) is 4.98 Å². The summed E-state index contributed by atoms with van der Waals surface area (Å²) >= 11 is 0. The summed E-state index contributed by atoms with van der Waals surface area (Å²) in [5.74, 6) is 6.53. The monoisotopic (exact) mass is 243 g/mol.